The summed E-state index contributed by atoms with van der Waals surface area (Å²) in [6.45, 7) is 3.94. The maximum Gasteiger partial charge on any atom is 0.252 e. The number of hydrogen-bond donors (Lipinski definition) is 2. The summed E-state index contributed by atoms with van der Waals surface area (Å²) >= 11 is 1.66. The van der Waals surface area contributed by atoms with E-state index < -0.39 is 0 Å². The Labute approximate surface area is 139 Å². The van der Waals surface area contributed by atoms with Gasteiger partial charge in [-0.2, -0.15) is 0 Å². The van der Waals surface area contributed by atoms with Crippen molar-refractivity contribution in [1.29, 1.82) is 0 Å². The number of carbonyl (C=O) groups is 1. The molecule has 6 heteroatoms. The van der Waals surface area contributed by atoms with Crippen molar-refractivity contribution in [2.75, 3.05) is 19.3 Å². The first-order chi connectivity index (χ1) is 11.1. The number of carbonyl (C=O) groups excluding carboxylic acids is 1. The number of aromatic nitrogens is 1. The lowest BCUT2D eigenvalue weighted by molar-refractivity contribution is -0.120. The summed E-state index contributed by atoms with van der Waals surface area (Å²) in [7, 11) is 0. The second-order valence-electron chi connectivity index (χ2n) is 5.95. The molecule has 2 heterocycles. The van der Waals surface area contributed by atoms with Gasteiger partial charge in [0.05, 0.1) is 0 Å². The molecule has 2 N–H and O–H groups in total. The van der Waals surface area contributed by atoms with Gasteiger partial charge in [0.25, 0.3) is 5.56 Å². The molecule has 23 heavy (non-hydrogen) atoms. The van der Waals surface area contributed by atoms with E-state index in [-0.39, 0.29) is 17.5 Å². The SMILES string of the molecule is CSc1ccc2cc(CN3CCC(=O)NCC3C)c(=O)[nH]c2c1. The van der Waals surface area contributed by atoms with Crippen LogP contribution in [-0.4, -0.2) is 41.2 Å². The van der Waals surface area contributed by atoms with E-state index in [9.17, 15) is 9.59 Å². The summed E-state index contributed by atoms with van der Waals surface area (Å²) in [4.78, 5) is 30.2. The van der Waals surface area contributed by atoms with Crippen molar-refractivity contribution in [3.8, 4) is 0 Å². The fraction of sp³-hybridized carbons (Fsp3) is 0.412. The first-order valence-electron chi connectivity index (χ1n) is 7.77. The summed E-state index contributed by atoms with van der Waals surface area (Å²) in [5.41, 5.74) is 1.56. The summed E-state index contributed by atoms with van der Waals surface area (Å²) in [5, 5.41) is 3.93. The summed E-state index contributed by atoms with van der Waals surface area (Å²) in [6, 6.07) is 8.28. The number of H-pyrrole nitrogens is 1. The summed E-state index contributed by atoms with van der Waals surface area (Å²) < 4.78 is 0. The third-order valence-electron chi connectivity index (χ3n) is 4.35. The lowest BCUT2D eigenvalue weighted by Crippen LogP contribution is -2.38. The number of nitrogens with one attached hydrogen (secondary N) is 2. The van der Waals surface area contributed by atoms with Crippen LogP contribution < -0.4 is 10.9 Å². The Morgan fingerprint density at radius 1 is 1.30 bits per heavy atom. The van der Waals surface area contributed by atoms with Gasteiger partial charge in [0.15, 0.2) is 0 Å². The van der Waals surface area contributed by atoms with Crippen molar-refractivity contribution >= 4 is 28.6 Å². The normalized spacial score (nSPS) is 19.6. The average Bonchev–Trinajstić information content (AvgIpc) is 2.70. The van der Waals surface area contributed by atoms with Crippen LogP contribution in [0.5, 0.6) is 0 Å². The van der Waals surface area contributed by atoms with Crippen LogP contribution in [0.1, 0.15) is 18.9 Å². The van der Waals surface area contributed by atoms with Gasteiger partial charge in [0.2, 0.25) is 5.91 Å². The van der Waals surface area contributed by atoms with Crippen LogP contribution in [0.3, 0.4) is 0 Å². The molecule has 1 aliphatic heterocycles. The minimum absolute atomic E-state index is 0.0496. The number of benzene rings is 1. The molecule has 1 aromatic carbocycles. The predicted octanol–water partition coefficient (Wildman–Crippen LogP) is 1.96. The number of nitrogens with zero attached hydrogens (tertiary/aromatic N) is 1. The Morgan fingerprint density at radius 3 is 2.91 bits per heavy atom. The predicted molar refractivity (Wildman–Crippen MR) is 93.8 cm³/mol. The van der Waals surface area contributed by atoms with Crippen molar-refractivity contribution in [2.45, 2.75) is 30.8 Å². The van der Waals surface area contributed by atoms with Crippen LogP contribution in [0.25, 0.3) is 10.9 Å². The number of pyridine rings is 1. The highest BCUT2D eigenvalue weighted by Crippen LogP contribution is 2.20. The minimum Gasteiger partial charge on any atom is -0.355 e. The molecule has 0 aliphatic carbocycles. The van der Waals surface area contributed by atoms with Crippen LogP contribution in [0, 0.1) is 0 Å². The maximum atomic E-state index is 12.4. The first-order valence-corrected chi connectivity index (χ1v) is 9.00. The number of aromatic amines is 1. The van der Waals surface area contributed by atoms with Crippen LogP contribution in [-0.2, 0) is 11.3 Å². The standard InChI is InChI=1S/C17H21N3O2S/c1-11-9-18-16(21)5-6-20(11)10-13-7-12-3-4-14(23-2)8-15(12)19-17(13)22/h3-4,7-8,11H,5-6,9-10H2,1-2H3,(H,18,21)(H,19,22). The van der Waals surface area contributed by atoms with Gasteiger partial charge in [0, 0.05) is 48.1 Å². The Kier molecular flexibility index (Phi) is 4.73. The van der Waals surface area contributed by atoms with Crippen LogP contribution in [0.2, 0.25) is 0 Å². The smallest absolute Gasteiger partial charge is 0.252 e. The zero-order valence-electron chi connectivity index (χ0n) is 13.4. The third kappa shape index (κ3) is 3.59. The molecule has 122 valence electrons. The maximum absolute atomic E-state index is 12.4. The van der Waals surface area contributed by atoms with E-state index in [4.69, 9.17) is 0 Å². The van der Waals surface area contributed by atoms with Crippen molar-refractivity contribution < 1.29 is 4.79 Å². The van der Waals surface area contributed by atoms with Gasteiger partial charge in [-0.3, -0.25) is 14.5 Å². The lowest BCUT2D eigenvalue weighted by Gasteiger charge is -2.25. The van der Waals surface area contributed by atoms with Crippen LogP contribution in [0.15, 0.2) is 34.0 Å². The molecule has 0 bridgehead atoms. The quantitative estimate of drug-likeness (QED) is 0.844. The van der Waals surface area contributed by atoms with E-state index in [1.54, 1.807) is 11.8 Å². The molecule has 0 spiro atoms. The molecule has 1 aliphatic rings. The Bertz CT molecular complexity index is 787. The van der Waals surface area contributed by atoms with Crippen molar-refractivity contribution in [3.63, 3.8) is 0 Å². The van der Waals surface area contributed by atoms with Gasteiger partial charge >= 0.3 is 0 Å². The molecule has 1 aromatic heterocycles. The van der Waals surface area contributed by atoms with Gasteiger partial charge in [-0.1, -0.05) is 6.07 Å². The largest absolute Gasteiger partial charge is 0.355 e. The number of rotatable bonds is 3. The van der Waals surface area contributed by atoms with E-state index in [2.05, 4.69) is 28.2 Å². The third-order valence-corrected chi connectivity index (χ3v) is 5.07. The molecule has 3 rings (SSSR count). The summed E-state index contributed by atoms with van der Waals surface area (Å²) in [5.74, 6) is 0.0800. The molecular weight excluding hydrogens is 310 g/mol. The highest BCUT2D eigenvalue weighted by atomic mass is 32.2. The van der Waals surface area contributed by atoms with E-state index in [0.29, 0.717) is 26.1 Å². The van der Waals surface area contributed by atoms with Crippen LogP contribution in [0.4, 0.5) is 0 Å². The van der Waals surface area contributed by atoms with Crippen LogP contribution >= 0.6 is 11.8 Å². The number of fused-ring (bicyclic) bond motifs is 1. The van der Waals surface area contributed by atoms with Gasteiger partial charge in [-0.05, 0) is 36.8 Å². The Balaban J connectivity index is 1.89. The molecule has 0 radical (unpaired) electrons. The van der Waals surface area contributed by atoms with Gasteiger partial charge in [-0.15, -0.1) is 11.8 Å². The molecule has 1 fully saturated rings. The molecule has 1 unspecified atom stereocenters. The first kappa shape index (κ1) is 16.1. The molecule has 1 saturated heterocycles. The highest BCUT2D eigenvalue weighted by Gasteiger charge is 2.21. The minimum atomic E-state index is -0.0496. The summed E-state index contributed by atoms with van der Waals surface area (Å²) in [6.07, 6.45) is 2.50. The lowest BCUT2D eigenvalue weighted by atomic mass is 10.1. The molecular formula is C17H21N3O2S. The van der Waals surface area contributed by atoms with Gasteiger partial charge < -0.3 is 10.3 Å². The fourth-order valence-corrected chi connectivity index (χ4v) is 3.31. The zero-order valence-corrected chi connectivity index (χ0v) is 14.2. The topological polar surface area (TPSA) is 65.2 Å². The highest BCUT2D eigenvalue weighted by molar-refractivity contribution is 7.98. The van der Waals surface area contributed by atoms with Crippen molar-refractivity contribution in [1.82, 2.24) is 15.2 Å². The molecule has 5 nitrogen and oxygen atoms in total. The number of amides is 1. The molecule has 1 atom stereocenters. The monoisotopic (exact) mass is 331 g/mol. The molecule has 1 amide bonds. The second kappa shape index (κ2) is 6.76. The van der Waals surface area contributed by atoms with E-state index in [1.165, 1.54) is 0 Å². The second-order valence-corrected chi connectivity index (χ2v) is 6.83. The van der Waals surface area contributed by atoms with Gasteiger partial charge in [0.1, 0.15) is 0 Å². The van der Waals surface area contributed by atoms with Crippen molar-refractivity contribution in [2.24, 2.45) is 0 Å². The van der Waals surface area contributed by atoms with E-state index in [0.717, 1.165) is 21.4 Å². The molecule has 0 saturated carbocycles. The fourth-order valence-electron chi connectivity index (χ4n) is 2.87. The van der Waals surface area contributed by atoms with Gasteiger partial charge in [-0.25, -0.2) is 0 Å². The Morgan fingerprint density at radius 2 is 2.13 bits per heavy atom. The molecule has 2 aromatic rings. The number of thioether (sulfide) groups is 1. The van der Waals surface area contributed by atoms with E-state index >= 15 is 0 Å². The Hall–Kier alpha value is -1.79. The van der Waals surface area contributed by atoms with Crippen molar-refractivity contribution in [3.05, 3.63) is 40.2 Å². The average molecular weight is 331 g/mol. The number of hydrogen-bond acceptors (Lipinski definition) is 4. The zero-order chi connectivity index (χ0) is 16.4. The van der Waals surface area contributed by atoms with E-state index in [1.807, 2.05) is 24.5 Å².